The maximum absolute atomic E-state index is 10.9. The van der Waals surface area contributed by atoms with E-state index in [0.29, 0.717) is 5.75 Å². The Bertz CT molecular complexity index is 1200. The Hall–Kier alpha value is -3.21. The molecule has 0 amide bonds. The SMILES string of the molecule is CCc1c(O)cc(-c2ccccc2)c(-c2ccccc2)c1-c1ccccc1.O=P(O)(O)O. The number of benzene rings is 4. The van der Waals surface area contributed by atoms with Crippen molar-refractivity contribution in [2.45, 2.75) is 13.3 Å². The van der Waals surface area contributed by atoms with Crippen LogP contribution in [0.2, 0.25) is 0 Å². The van der Waals surface area contributed by atoms with Gasteiger partial charge in [0.2, 0.25) is 0 Å². The molecule has 0 fully saturated rings. The average molecular weight is 448 g/mol. The largest absolute Gasteiger partial charge is 0.508 e. The summed E-state index contributed by atoms with van der Waals surface area (Å²) in [7, 11) is -4.64. The summed E-state index contributed by atoms with van der Waals surface area (Å²) in [4.78, 5) is 21.6. The van der Waals surface area contributed by atoms with Crippen LogP contribution in [0.5, 0.6) is 5.75 Å². The molecule has 6 heteroatoms. The Morgan fingerprint density at radius 1 is 0.656 bits per heavy atom. The molecule has 5 nitrogen and oxygen atoms in total. The summed E-state index contributed by atoms with van der Waals surface area (Å²) in [6, 6.07) is 33.0. The molecule has 4 rings (SSSR count). The lowest BCUT2D eigenvalue weighted by atomic mass is 9.83. The van der Waals surface area contributed by atoms with Gasteiger partial charge in [-0.25, -0.2) is 4.57 Å². The summed E-state index contributed by atoms with van der Waals surface area (Å²) in [6.07, 6.45) is 0.769. The van der Waals surface area contributed by atoms with Crippen molar-refractivity contribution in [2.75, 3.05) is 0 Å². The molecule has 0 radical (unpaired) electrons. The van der Waals surface area contributed by atoms with Gasteiger partial charge in [0.05, 0.1) is 0 Å². The molecule has 4 N–H and O–H groups in total. The van der Waals surface area contributed by atoms with E-state index in [1.165, 1.54) is 5.56 Å². The van der Waals surface area contributed by atoms with E-state index in [9.17, 15) is 5.11 Å². The topological polar surface area (TPSA) is 98.0 Å². The maximum atomic E-state index is 10.9. The smallest absolute Gasteiger partial charge is 0.466 e. The second-order valence-electron chi connectivity index (χ2n) is 7.14. The number of phenolic OH excluding ortho intramolecular Hbond substituents is 1. The fourth-order valence-corrected chi connectivity index (χ4v) is 3.74. The summed E-state index contributed by atoms with van der Waals surface area (Å²) in [5, 5.41) is 10.9. The Morgan fingerprint density at radius 2 is 1.03 bits per heavy atom. The Kier molecular flexibility index (Phi) is 7.62. The lowest BCUT2D eigenvalue weighted by Gasteiger charge is -2.21. The van der Waals surface area contributed by atoms with Crippen LogP contribution in [0.1, 0.15) is 12.5 Å². The molecule has 0 bridgehead atoms. The molecule has 0 unspecified atom stereocenters. The van der Waals surface area contributed by atoms with Crippen LogP contribution in [0.3, 0.4) is 0 Å². The highest BCUT2D eigenvalue weighted by Crippen LogP contribution is 2.45. The number of rotatable bonds is 4. The number of phenols is 1. The predicted molar refractivity (Wildman–Crippen MR) is 128 cm³/mol. The first-order chi connectivity index (χ1) is 15.3. The van der Waals surface area contributed by atoms with Crippen molar-refractivity contribution in [3.05, 3.63) is 103 Å². The third kappa shape index (κ3) is 5.94. The van der Waals surface area contributed by atoms with Crippen LogP contribution >= 0.6 is 7.82 Å². The minimum absolute atomic E-state index is 0.356. The van der Waals surface area contributed by atoms with Gasteiger partial charge in [0, 0.05) is 5.56 Å². The van der Waals surface area contributed by atoms with Crippen molar-refractivity contribution in [3.63, 3.8) is 0 Å². The van der Waals surface area contributed by atoms with Crippen molar-refractivity contribution < 1.29 is 24.4 Å². The first-order valence-electron chi connectivity index (χ1n) is 10.1. The normalized spacial score (nSPS) is 10.9. The predicted octanol–water partition coefficient (Wildman–Crippen LogP) is 6.03. The van der Waals surface area contributed by atoms with E-state index < -0.39 is 7.82 Å². The van der Waals surface area contributed by atoms with Crippen LogP contribution < -0.4 is 0 Å². The van der Waals surface area contributed by atoms with Gasteiger partial charge in [-0.2, -0.15) is 0 Å². The minimum Gasteiger partial charge on any atom is -0.508 e. The average Bonchev–Trinajstić information content (AvgIpc) is 2.79. The number of hydrogen-bond acceptors (Lipinski definition) is 2. The third-order valence-electron chi connectivity index (χ3n) is 4.97. The van der Waals surface area contributed by atoms with E-state index in [4.69, 9.17) is 19.2 Å². The van der Waals surface area contributed by atoms with Crippen molar-refractivity contribution in [1.82, 2.24) is 0 Å². The number of hydrogen-bond donors (Lipinski definition) is 4. The summed E-state index contributed by atoms with van der Waals surface area (Å²) in [5.74, 6) is 0.356. The molecule has 0 saturated heterocycles. The van der Waals surface area contributed by atoms with Crippen molar-refractivity contribution in [2.24, 2.45) is 0 Å². The highest BCUT2D eigenvalue weighted by molar-refractivity contribution is 7.45. The van der Waals surface area contributed by atoms with Gasteiger partial charge in [-0.1, -0.05) is 97.9 Å². The van der Waals surface area contributed by atoms with Gasteiger partial charge < -0.3 is 19.8 Å². The Morgan fingerprint density at radius 3 is 1.44 bits per heavy atom. The first-order valence-corrected chi connectivity index (χ1v) is 11.7. The van der Waals surface area contributed by atoms with Crippen LogP contribution in [0.4, 0.5) is 0 Å². The van der Waals surface area contributed by atoms with Crippen LogP contribution in [0, 0.1) is 0 Å². The van der Waals surface area contributed by atoms with Gasteiger partial charge in [0.1, 0.15) is 5.75 Å². The van der Waals surface area contributed by atoms with E-state index in [2.05, 4.69) is 67.6 Å². The zero-order valence-corrected chi connectivity index (χ0v) is 18.5. The van der Waals surface area contributed by atoms with E-state index in [1.54, 1.807) is 0 Å². The first kappa shape index (κ1) is 23.5. The van der Waals surface area contributed by atoms with Crippen molar-refractivity contribution in [1.29, 1.82) is 0 Å². The van der Waals surface area contributed by atoms with Gasteiger partial charge in [0.15, 0.2) is 0 Å². The molecule has 0 saturated carbocycles. The number of phosphoric acid groups is 1. The second-order valence-corrected chi connectivity index (χ2v) is 8.16. The fraction of sp³-hybridized carbons (Fsp3) is 0.0769. The van der Waals surface area contributed by atoms with Crippen molar-refractivity contribution in [3.8, 4) is 39.1 Å². The van der Waals surface area contributed by atoms with Gasteiger partial charge in [-0.15, -0.1) is 0 Å². The standard InChI is InChI=1S/C26H22O.H3O4P/c1-2-22-24(27)18-23(19-12-6-3-7-13-19)26(21-16-10-5-11-17-21)25(22)20-14-8-4-9-15-20;1-5(2,3)4/h3-18,27H,2H2,1H3;(H3,1,2,3,4). The summed E-state index contributed by atoms with van der Waals surface area (Å²) >= 11 is 0. The summed E-state index contributed by atoms with van der Waals surface area (Å²) in [6.45, 7) is 2.10. The summed E-state index contributed by atoms with van der Waals surface area (Å²) in [5.41, 5.74) is 7.71. The van der Waals surface area contributed by atoms with Gasteiger partial charge in [-0.3, -0.25) is 0 Å². The molecule has 0 atom stereocenters. The highest BCUT2D eigenvalue weighted by atomic mass is 31.2. The lowest BCUT2D eigenvalue weighted by Crippen LogP contribution is -1.97. The maximum Gasteiger partial charge on any atom is 0.466 e. The molecular formula is C26H25O5P. The highest BCUT2D eigenvalue weighted by Gasteiger charge is 2.20. The van der Waals surface area contributed by atoms with E-state index in [0.717, 1.165) is 39.8 Å². The zero-order chi connectivity index (χ0) is 23.1. The monoisotopic (exact) mass is 448 g/mol. The van der Waals surface area contributed by atoms with Gasteiger partial charge in [-0.05, 0) is 45.9 Å². The van der Waals surface area contributed by atoms with E-state index >= 15 is 0 Å². The molecule has 0 aromatic heterocycles. The second kappa shape index (κ2) is 10.4. The Balaban J connectivity index is 0.000000523. The van der Waals surface area contributed by atoms with Gasteiger partial charge >= 0.3 is 7.82 Å². The molecule has 32 heavy (non-hydrogen) atoms. The van der Waals surface area contributed by atoms with E-state index in [-0.39, 0.29) is 0 Å². The third-order valence-corrected chi connectivity index (χ3v) is 4.97. The fourth-order valence-electron chi connectivity index (χ4n) is 3.74. The molecule has 0 heterocycles. The molecule has 4 aromatic rings. The zero-order valence-electron chi connectivity index (χ0n) is 17.6. The minimum atomic E-state index is -4.64. The molecule has 0 aliphatic heterocycles. The van der Waals surface area contributed by atoms with Crippen molar-refractivity contribution >= 4 is 7.82 Å². The van der Waals surface area contributed by atoms with Gasteiger partial charge in [0.25, 0.3) is 0 Å². The van der Waals surface area contributed by atoms with Crippen LogP contribution in [-0.4, -0.2) is 19.8 Å². The molecule has 0 aliphatic rings. The van der Waals surface area contributed by atoms with Crippen LogP contribution in [0.25, 0.3) is 33.4 Å². The molecule has 4 aromatic carbocycles. The van der Waals surface area contributed by atoms with Crippen LogP contribution in [0.15, 0.2) is 97.1 Å². The molecular weight excluding hydrogens is 423 g/mol. The number of aromatic hydroxyl groups is 1. The lowest BCUT2D eigenvalue weighted by molar-refractivity contribution is 0.275. The van der Waals surface area contributed by atoms with E-state index in [1.807, 2.05) is 36.4 Å². The molecule has 0 spiro atoms. The molecule has 164 valence electrons. The molecule has 0 aliphatic carbocycles. The summed E-state index contributed by atoms with van der Waals surface area (Å²) < 4.78 is 8.88. The van der Waals surface area contributed by atoms with Crippen LogP contribution in [-0.2, 0) is 11.0 Å². The quantitative estimate of drug-likeness (QED) is 0.286. The Labute approximate surface area is 187 Å².